The predicted octanol–water partition coefficient (Wildman–Crippen LogP) is 3.96. The maximum Gasteiger partial charge on any atom is 0.196 e. The van der Waals surface area contributed by atoms with Crippen LogP contribution in [0.15, 0.2) is 75.0 Å². The molecule has 2 aromatic carbocycles. The summed E-state index contributed by atoms with van der Waals surface area (Å²) in [5.41, 5.74) is 0.471. The SMILES string of the molecule is O=c1ccoc2cccc(OCCSc3ccccc3)c12. The summed E-state index contributed by atoms with van der Waals surface area (Å²) in [6.45, 7) is 0.535. The van der Waals surface area contributed by atoms with E-state index in [1.807, 2.05) is 24.3 Å². The van der Waals surface area contributed by atoms with Gasteiger partial charge in [0, 0.05) is 16.7 Å². The Morgan fingerprint density at radius 3 is 2.71 bits per heavy atom. The van der Waals surface area contributed by atoms with E-state index in [-0.39, 0.29) is 5.43 Å². The van der Waals surface area contributed by atoms with Gasteiger partial charge in [-0.05, 0) is 24.3 Å². The number of thioether (sulfide) groups is 1. The number of ether oxygens (including phenoxy) is 1. The van der Waals surface area contributed by atoms with Gasteiger partial charge in [0.1, 0.15) is 16.7 Å². The van der Waals surface area contributed by atoms with E-state index < -0.39 is 0 Å². The van der Waals surface area contributed by atoms with Crippen LogP contribution in [0.2, 0.25) is 0 Å². The standard InChI is InChI=1S/C17H14O3S/c18-14-9-10-19-15-7-4-8-16(17(14)15)20-11-12-21-13-5-2-1-3-6-13/h1-10H,11-12H2. The minimum Gasteiger partial charge on any atom is -0.492 e. The Labute approximate surface area is 126 Å². The van der Waals surface area contributed by atoms with E-state index in [9.17, 15) is 4.79 Å². The Hall–Kier alpha value is -2.20. The van der Waals surface area contributed by atoms with Gasteiger partial charge in [0.15, 0.2) is 5.43 Å². The molecular formula is C17H14O3S. The molecule has 106 valence electrons. The first kappa shape index (κ1) is 13.8. The van der Waals surface area contributed by atoms with Gasteiger partial charge >= 0.3 is 0 Å². The smallest absolute Gasteiger partial charge is 0.196 e. The first-order chi connectivity index (χ1) is 10.3. The predicted molar refractivity (Wildman–Crippen MR) is 85.1 cm³/mol. The van der Waals surface area contributed by atoms with E-state index in [1.165, 1.54) is 17.2 Å². The van der Waals surface area contributed by atoms with Crippen molar-refractivity contribution in [1.82, 2.24) is 0 Å². The second-order valence-electron chi connectivity index (χ2n) is 4.42. The zero-order valence-corrected chi connectivity index (χ0v) is 12.1. The van der Waals surface area contributed by atoms with Crippen LogP contribution in [-0.4, -0.2) is 12.4 Å². The van der Waals surface area contributed by atoms with Gasteiger partial charge in [-0.25, -0.2) is 0 Å². The molecule has 0 radical (unpaired) electrons. The largest absolute Gasteiger partial charge is 0.492 e. The monoisotopic (exact) mass is 298 g/mol. The van der Waals surface area contributed by atoms with Crippen molar-refractivity contribution in [2.24, 2.45) is 0 Å². The van der Waals surface area contributed by atoms with E-state index in [2.05, 4.69) is 12.1 Å². The zero-order valence-electron chi connectivity index (χ0n) is 11.3. The Balaban J connectivity index is 1.67. The molecule has 0 saturated carbocycles. The van der Waals surface area contributed by atoms with Crippen molar-refractivity contribution >= 4 is 22.7 Å². The average molecular weight is 298 g/mol. The molecule has 4 heteroatoms. The number of hydrogen-bond acceptors (Lipinski definition) is 4. The molecule has 21 heavy (non-hydrogen) atoms. The molecule has 3 aromatic rings. The molecule has 0 spiro atoms. The van der Waals surface area contributed by atoms with E-state index in [1.54, 1.807) is 23.9 Å². The average Bonchev–Trinajstić information content (AvgIpc) is 2.53. The summed E-state index contributed by atoms with van der Waals surface area (Å²) in [5, 5.41) is 0.504. The molecule has 0 saturated heterocycles. The maximum atomic E-state index is 11.9. The second-order valence-corrected chi connectivity index (χ2v) is 5.59. The Morgan fingerprint density at radius 1 is 1.00 bits per heavy atom. The van der Waals surface area contributed by atoms with Crippen LogP contribution >= 0.6 is 11.8 Å². The highest BCUT2D eigenvalue weighted by molar-refractivity contribution is 7.99. The van der Waals surface area contributed by atoms with Crippen LogP contribution in [0.4, 0.5) is 0 Å². The molecule has 0 unspecified atom stereocenters. The van der Waals surface area contributed by atoms with Crippen LogP contribution in [-0.2, 0) is 0 Å². The number of fused-ring (bicyclic) bond motifs is 1. The normalized spacial score (nSPS) is 10.7. The first-order valence-corrected chi connectivity index (χ1v) is 7.64. The Morgan fingerprint density at radius 2 is 1.86 bits per heavy atom. The van der Waals surface area contributed by atoms with Crippen molar-refractivity contribution in [3.05, 3.63) is 71.1 Å². The lowest BCUT2D eigenvalue weighted by Crippen LogP contribution is -2.05. The summed E-state index contributed by atoms with van der Waals surface area (Å²) >= 11 is 1.72. The summed E-state index contributed by atoms with van der Waals surface area (Å²) in [6.07, 6.45) is 1.40. The second kappa shape index (κ2) is 6.50. The molecule has 0 amide bonds. The zero-order chi connectivity index (χ0) is 14.5. The molecule has 0 atom stereocenters. The summed E-state index contributed by atoms with van der Waals surface area (Å²) in [4.78, 5) is 13.1. The fourth-order valence-corrected chi connectivity index (χ4v) is 2.80. The van der Waals surface area contributed by atoms with Crippen LogP contribution in [0, 0.1) is 0 Å². The Kier molecular flexibility index (Phi) is 4.26. The minimum atomic E-state index is -0.0810. The van der Waals surface area contributed by atoms with Crippen LogP contribution < -0.4 is 10.2 Å². The molecular weight excluding hydrogens is 284 g/mol. The third-order valence-corrected chi connectivity index (χ3v) is 3.98. The lowest BCUT2D eigenvalue weighted by Gasteiger charge is -2.08. The van der Waals surface area contributed by atoms with Crippen LogP contribution in [0.1, 0.15) is 0 Å². The van der Waals surface area contributed by atoms with Crippen molar-refractivity contribution in [2.75, 3.05) is 12.4 Å². The van der Waals surface area contributed by atoms with Crippen LogP contribution in [0.3, 0.4) is 0 Å². The van der Waals surface area contributed by atoms with Crippen molar-refractivity contribution in [3.8, 4) is 5.75 Å². The van der Waals surface area contributed by atoms with Crippen LogP contribution in [0.5, 0.6) is 5.75 Å². The summed E-state index contributed by atoms with van der Waals surface area (Å²) in [5.74, 6) is 1.40. The maximum absolute atomic E-state index is 11.9. The van der Waals surface area contributed by atoms with E-state index in [0.29, 0.717) is 23.3 Å². The van der Waals surface area contributed by atoms with Crippen molar-refractivity contribution < 1.29 is 9.15 Å². The molecule has 0 aliphatic heterocycles. The molecule has 0 aliphatic rings. The van der Waals surface area contributed by atoms with Crippen molar-refractivity contribution in [1.29, 1.82) is 0 Å². The lowest BCUT2D eigenvalue weighted by atomic mass is 10.2. The molecule has 0 N–H and O–H groups in total. The summed E-state index contributed by atoms with van der Waals surface area (Å²) < 4.78 is 11.1. The molecule has 0 aliphatic carbocycles. The summed E-state index contributed by atoms with van der Waals surface area (Å²) in [6, 6.07) is 17.0. The molecule has 0 fully saturated rings. The van der Waals surface area contributed by atoms with Gasteiger partial charge in [-0.15, -0.1) is 11.8 Å². The van der Waals surface area contributed by atoms with Gasteiger partial charge in [-0.3, -0.25) is 4.79 Å². The van der Waals surface area contributed by atoms with E-state index in [0.717, 1.165) is 5.75 Å². The molecule has 3 rings (SSSR count). The van der Waals surface area contributed by atoms with Gasteiger partial charge in [0.25, 0.3) is 0 Å². The Bertz CT molecular complexity index is 775. The third-order valence-electron chi connectivity index (χ3n) is 3.00. The van der Waals surface area contributed by atoms with E-state index in [4.69, 9.17) is 9.15 Å². The van der Waals surface area contributed by atoms with Gasteiger partial charge in [0.2, 0.25) is 0 Å². The fourth-order valence-electron chi connectivity index (χ4n) is 2.05. The highest BCUT2D eigenvalue weighted by atomic mass is 32.2. The van der Waals surface area contributed by atoms with Gasteiger partial charge in [-0.2, -0.15) is 0 Å². The number of benzene rings is 2. The van der Waals surface area contributed by atoms with Gasteiger partial charge in [-0.1, -0.05) is 24.3 Å². The molecule has 0 bridgehead atoms. The number of hydrogen-bond donors (Lipinski definition) is 0. The molecule has 3 nitrogen and oxygen atoms in total. The lowest BCUT2D eigenvalue weighted by molar-refractivity contribution is 0.347. The van der Waals surface area contributed by atoms with Crippen molar-refractivity contribution in [3.63, 3.8) is 0 Å². The highest BCUT2D eigenvalue weighted by Gasteiger charge is 2.07. The van der Waals surface area contributed by atoms with Crippen molar-refractivity contribution in [2.45, 2.75) is 4.90 Å². The van der Waals surface area contributed by atoms with Gasteiger partial charge < -0.3 is 9.15 Å². The first-order valence-electron chi connectivity index (χ1n) is 6.66. The minimum absolute atomic E-state index is 0.0810. The third kappa shape index (κ3) is 3.28. The fraction of sp³-hybridized carbons (Fsp3) is 0.118. The van der Waals surface area contributed by atoms with E-state index >= 15 is 0 Å². The molecule has 1 heterocycles. The molecule has 1 aromatic heterocycles. The quantitative estimate of drug-likeness (QED) is 0.528. The topological polar surface area (TPSA) is 39.4 Å². The van der Waals surface area contributed by atoms with Crippen LogP contribution in [0.25, 0.3) is 11.0 Å². The highest BCUT2D eigenvalue weighted by Crippen LogP contribution is 2.23. The summed E-state index contributed by atoms with van der Waals surface area (Å²) in [7, 11) is 0. The van der Waals surface area contributed by atoms with Gasteiger partial charge in [0.05, 0.1) is 12.9 Å². The number of rotatable bonds is 5.